The van der Waals surface area contributed by atoms with Gasteiger partial charge in [0.25, 0.3) is 0 Å². The number of carbonyl (C=O) groups is 1. The van der Waals surface area contributed by atoms with Crippen LogP contribution in [-0.2, 0) is 11.3 Å². The van der Waals surface area contributed by atoms with Crippen LogP contribution in [0.25, 0.3) is 0 Å². The SMILES string of the molecule is COc1cc(NC(=O)CN2Cc3ccccc3C(c3ccccc3)C2)cc(OC)c1OC. The van der Waals surface area contributed by atoms with Gasteiger partial charge in [-0.1, -0.05) is 54.6 Å². The first-order valence-electron chi connectivity index (χ1n) is 10.6. The van der Waals surface area contributed by atoms with Crippen LogP contribution in [-0.4, -0.2) is 45.2 Å². The summed E-state index contributed by atoms with van der Waals surface area (Å²) in [6, 6.07) is 22.4. The van der Waals surface area contributed by atoms with Gasteiger partial charge in [0.2, 0.25) is 11.7 Å². The highest BCUT2D eigenvalue weighted by Crippen LogP contribution is 2.40. The van der Waals surface area contributed by atoms with E-state index in [-0.39, 0.29) is 18.4 Å². The minimum atomic E-state index is -0.0922. The second kappa shape index (κ2) is 9.75. The average Bonchev–Trinajstić information content (AvgIpc) is 2.83. The van der Waals surface area contributed by atoms with Crippen LogP contribution in [0.5, 0.6) is 17.2 Å². The molecular weight excluding hydrogens is 404 g/mol. The van der Waals surface area contributed by atoms with Gasteiger partial charge in [-0.15, -0.1) is 0 Å². The second-order valence-corrected chi connectivity index (χ2v) is 7.79. The van der Waals surface area contributed by atoms with E-state index in [1.54, 1.807) is 33.5 Å². The third-order valence-corrected chi connectivity index (χ3v) is 5.78. The molecule has 0 fully saturated rings. The van der Waals surface area contributed by atoms with Crippen molar-refractivity contribution in [2.24, 2.45) is 0 Å². The zero-order valence-electron chi connectivity index (χ0n) is 18.6. The normalized spacial score (nSPS) is 15.5. The molecule has 1 aliphatic heterocycles. The quantitative estimate of drug-likeness (QED) is 0.603. The third kappa shape index (κ3) is 4.55. The fourth-order valence-electron chi connectivity index (χ4n) is 4.33. The number of benzene rings is 3. The summed E-state index contributed by atoms with van der Waals surface area (Å²) in [6.07, 6.45) is 0. The molecule has 0 aliphatic carbocycles. The van der Waals surface area contributed by atoms with Gasteiger partial charge in [-0.05, 0) is 16.7 Å². The Morgan fingerprint density at radius 1 is 0.938 bits per heavy atom. The summed E-state index contributed by atoms with van der Waals surface area (Å²) in [6.45, 7) is 1.81. The summed E-state index contributed by atoms with van der Waals surface area (Å²) >= 11 is 0. The van der Waals surface area contributed by atoms with E-state index in [4.69, 9.17) is 14.2 Å². The summed E-state index contributed by atoms with van der Waals surface area (Å²) < 4.78 is 16.1. The van der Waals surface area contributed by atoms with E-state index in [0.717, 1.165) is 13.1 Å². The Kier molecular flexibility index (Phi) is 6.61. The molecule has 1 amide bonds. The first-order chi connectivity index (χ1) is 15.6. The number of carbonyl (C=O) groups excluding carboxylic acids is 1. The van der Waals surface area contributed by atoms with Gasteiger partial charge >= 0.3 is 0 Å². The fraction of sp³-hybridized carbons (Fsp3) is 0.269. The maximum absolute atomic E-state index is 12.9. The summed E-state index contributed by atoms with van der Waals surface area (Å²) in [5, 5.41) is 2.97. The number of ether oxygens (including phenoxy) is 3. The van der Waals surface area contributed by atoms with Gasteiger partial charge in [-0.2, -0.15) is 0 Å². The molecule has 0 aromatic heterocycles. The topological polar surface area (TPSA) is 60.0 Å². The van der Waals surface area contributed by atoms with E-state index in [1.807, 2.05) is 6.07 Å². The minimum Gasteiger partial charge on any atom is -0.493 e. The van der Waals surface area contributed by atoms with Gasteiger partial charge in [-0.3, -0.25) is 9.69 Å². The number of rotatable bonds is 7. The van der Waals surface area contributed by atoms with Crippen LogP contribution < -0.4 is 19.5 Å². The van der Waals surface area contributed by atoms with Crippen molar-refractivity contribution in [2.75, 3.05) is 39.7 Å². The molecular formula is C26H28N2O4. The maximum Gasteiger partial charge on any atom is 0.238 e. The number of methoxy groups -OCH3 is 3. The Morgan fingerprint density at radius 2 is 1.59 bits per heavy atom. The molecule has 0 spiro atoms. The molecule has 32 heavy (non-hydrogen) atoms. The molecule has 0 saturated heterocycles. The largest absolute Gasteiger partial charge is 0.493 e. The van der Waals surface area contributed by atoms with Crippen molar-refractivity contribution >= 4 is 11.6 Å². The first-order valence-corrected chi connectivity index (χ1v) is 10.6. The van der Waals surface area contributed by atoms with E-state index in [0.29, 0.717) is 22.9 Å². The highest BCUT2D eigenvalue weighted by Gasteiger charge is 2.27. The number of fused-ring (bicyclic) bond motifs is 1. The molecule has 1 unspecified atom stereocenters. The highest BCUT2D eigenvalue weighted by atomic mass is 16.5. The Balaban J connectivity index is 1.52. The zero-order valence-corrected chi connectivity index (χ0v) is 18.6. The summed E-state index contributed by atoms with van der Waals surface area (Å²) in [7, 11) is 4.66. The van der Waals surface area contributed by atoms with Crippen molar-refractivity contribution in [2.45, 2.75) is 12.5 Å². The standard InChI is InChI=1S/C26H28N2O4/c1-30-23-13-20(14-24(31-2)26(23)32-3)27-25(29)17-28-15-19-11-7-8-12-21(19)22(16-28)18-9-5-4-6-10-18/h4-14,22H,15-17H2,1-3H3,(H,27,29). The summed E-state index contributed by atoms with van der Waals surface area (Å²) in [5.74, 6) is 1.63. The number of anilines is 1. The zero-order chi connectivity index (χ0) is 22.5. The van der Waals surface area contributed by atoms with Gasteiger partial charge in [0.15, 0.2) is 11.5 Å². The minimum absolute atomic E-state index is 0.0922. The predicted molar refractivity (Wildman–Crippen MR) is 125 cm³/mol. The molecule has 4 rings (SSSR count). The van der Waals surface area contributed by atoms with Gasteiger partial charge in [0, 0.05) is 36.8 Å². The number of nitrogens with zero attached hydrogens (tertiary/aromatic N) is 1. The Labute approximate surface area is 188 Å². The van der Waals surface area contributed by atoms with Gasteiger partial charge in [-0.25, -0.2) is 0 Å². The van der Waals surface area contributed by atoms with E-state index >= 15 is 0 Å². The Hall–Kier alpha value is -3.51. The van der Waals surface area contributed by atoms with E-state index < -0.39 is 0 Å². The molecule has 0 bridgehead atoms. The molecule has 1 N–H and O–H groups in total. The number of amides is 1. The fourth-order valence-corrected chi connectivity index (χ4v) is 4.33. The molecule has 1 aliphatic rings. The molecule has 6 heteroatoms. The van der Waals surface area contributed by atoms with Crippen LogP contribution >= 0.6 is 0 Å². The molecule has 166 valence electrons. The summed E-state index contributed by atoms with van der Waals surface area (Å²) in [4.78, 5) is 15.1. The van der Waals surface area contributed by atoms with Gasteiger partial charge < -0.3 is 19.5 Å². The lowest BCUT2D eigenvalue weighted by atomic mass is 9.84. The van der Waals surface area contributed by atoms with Gasteiger partial charge in [0.05, 0.1) is 27.9 Å². The highest BCUT2D eigenvalue weighted by molar-refractivity contribution is 5.93. The molecule has 1 heterocycles. The van der Waals surface area contributed by atoms with Crippen LogP contribution in [0.1, 0.15) is 22.6 Å². The van der Waals surface area contributed by atoms with Crippen LogP contribution in [0.3, 0.4) is 0 Å². The number of hydrogen-bond donors (Lipinski definition) is 1. The predicted octanol–water partition coefficient (Wildman–Crippen LogP) is 4.30. The van der Waals surface area contributed by atoms with Crippen molar-refractivity contribution in [3.8, 4) is 17.2 Å². The lowest BCUT2D eigenvalue weighted by molar-refractivity contribution is -0.117. The molecule has 3 aromatic rings. The van der Waals surface area contributed by atoms with Crippen molar-refractivity contribution < 1.29 is 19.0 Å². The monoisotopic (exact) mass is 432 g/mol. The second-order valence-electron chi connectivity index (χ2n) is 7.79. The van der Waals surface area contributed by atoms with Gasteiger partial charge in [0.1, 0.15) is 0 Å². The number of nitrogens with one attached hydrogen (secondary N) is 1. The smallest absolute Gasteiger partial charge is 0.238 e. The van der Waals surface area contributed by atoms with E-state index in [9.17, 15) is 4.79 Å². The van der Waals surface area contributed by atoms with Crippen molar-refractivity contribution in [1.29, 1.82) is 0 Å². The molecule has 6 nitrogen and oxygen atoms in total. The van der Waals surface area contributed by atoms with Crippen molar-refractivity contribution in [3.63, 3.8) is 0 Å². The van der Waals surface area contributed by atoms with Crippen molar-refractivity contribution in [3.05, 3.63) is 83.4 Å². The lowest BCUT2D eigenvalue weighted by Gasteiger charge is -2.34. The molecule has 0 radical (unpaired) electrons. The summed E-state index contributed by atoms with van der Waals surface area (Å²) in [5.41, 5.74) is 4.45. The van der Waals surface area contributed by atoms with Crippen LogP contribution in [0, 0.1) is 0 Å². The lowest BCUT2D eigenvalue weighted by Crippen LogP contribution is -2.39. The Bertz CT molecular complexity index is 1060. The third-order valence-electron chi connectivity index (χ3n) is 5.78. The maximum atomic E-state index is 12.9. The van der Waals surface area contributed by atoms with Crippen LogP contribution in [0.4, 0.5) is 5.69 Å². The molecule has 3 aromatic carbocycles. The van der Waals surface area contributed by atoms with E-state index in [2.05, 4.69) is 58.7 Å². The van der Waals surface area contributed by atoms with Crippen LogP contribution in [0.15, 0.2) is 66.7 Å². The molecule has 0 saturated carbocycles. The Morgan fingerprint density at radius 3 is 2.25 bits per heavy atom. The van der Waals surface area contributed by atoms with Crippen LogP contribution in [0.2, 0.25) is 0 Å². The first kappa shape index (κ1) is 21.7. The number of hydrogen-bond acceptors (Lipinski definition) is 5. The van der Waals surface area contributed by atoms with Crippen molar-refractivity contribution in [1.82, 2.24) is 4.90 Å². The average molecular weight is 433 g/mol. The molecule has 1 atom stereocenters. The van der Waals surface area contributed by atoms with E-state index in [1.165, 1.54) is 16.7 Å².